The van der Waals surface area contributed by atoms with Crippen molar-refractivity contribution in [1.29, 1.82) is 0 Å². The first-order valence-corrected chi connectivity index (χ1v) is 12.0. The molecule has 0 bridgehead atoms. The molecule has 11 heteroatoms. The van der Waals surface area contributed by atoms with E-state index in [-0.39, 0.29) is 10.7 Å². The van der Waals surface area contributed by atoms with Crippen LogP contribution in [0.4, 0.5) is 19.0 Å². The van der Waals surface area contributed by atoms with Crippen molar-refractivity contribution in [1.82, 2.24) is 19.9 Å². The summed E-state index contributed by atoms with van der Waals surface area (Å²) in [6.07, 6.45) is 2.59. The Hall–Kier alpha value is -4.38. The summed E-state index contributed by atoms with van der Waals surface area (Å²) in [6, 6.07) is 14.2. The molecule has 180 valence electrons. The third kappa shape index (κ3) is 4.60. The van der Waals surface area contributed by atoms with Gasteiger partial charge < -0.3 is 0 Å². The quantitative estimate of drug-likeness (QED) is 0.334. The molecule has 3 aromatic heterocycles. The lowest BCUT2D eigenvalue weighted by atomic mass is 9.93. The number of aromatic nitrogens is 4. The number of hydrogen-bond acceptors (Lipinski definition) is 6. The molecule has 2 aromatic carbocycles. The second-order valence-electron chi connectivity index (χ2n) is 7.74. The van der Waals surface area contributed by atoms with Crippen molar-refractivity contribution in [2.75, 3.05) is 4.72 Å². The Morgan fingerprint density at radius 3 is 2.25 bits per heavy atom. The highest BCUT2D eigenvalue weighted by atomic mass is 32.2. The first-order chi connectivity index (χ1) is 17.2. The van der Waals surface area contributed by atoms with Crippen LogP contribution in [0.25, 0.3) is 33.2 Å². The van der Waals surface area contributed by atoms with Crippen LogP contribution in [-0.2, 0) is 16.2 Å². The number of nitrogens with one attached hydrogen (secondary N) is 1. The van der Waals surface area contributed by atoms with Gasteiger partial charge in [0.2, 0.25) is 0 Å². The molecule has 1 N–H and O–H groups in total. The van der Waals surface area contributed by atoms with E-state index in [0.717, 1.165) is 12.1 Å². The highest BCUT2D eigenvalue weighted by Gasteiger charge is 2.31. The summed E-state index contributed by atoms with van der Waals surface area (Å²) in [4.78, 5) is 16.0. The van der Waals surface area contributed by atoms with Crippen LogP contribution in [0.1, 0.15) is 5.56 Å². The standard InChI is InChI=1S/C25H16F3N5O2S/c26-25(27,28)18-1-3-21(22(14-18)16-5-9-29-10-6-16)24-20-4-2-19(13-17(20)7-12-31-24)36(34,35)33-23-8-11-30-15-32-23/h1-15H,(H,30,32,33). The minimum absolute atomic E-state index is 0.00691. The molecular formula is C25H16F3N5O2S. The second-order valence-corrected chi connectivity index (χ2v) is 9.42. The topological polar surface area (TPSA) is 97.7 Å². The summed E-state index contributed by atoms with van der Waals surface area (Å²) in [5, 5.41) is 1.12. The normalized spacial score (nSPS) is 12.0. The van der Waals surface area contributed by atoms with Gasteiger partial charge in [0.15, 0.2) is 0 Å². The fraction of sp³-hybridized carbons (Fsp3) is 0.0400. The summed E-state index contributed by atoms with van der Waals surface area (Å²) in [6.45, 7) is 0. The molecule has 0 aliphatic rings. The van der Waals surface area contributed by atoms with Gasteiger partial charge in [-0.15, -0.1) is 0 Å². The second kappa shape index (κ2) is 9.00. The maximum absolute atomic E-state index is 13.5. The molecule has 0 unspecified atom stereocenters. The Bertz CT molecular complexity index is 1660. The fourth-order valence-corrected chi connectivity index (χ4v) is 4.83. The molecule has 0 aliphatic heterocycles. The molecule has 0 aliphatic carbocycles. The number of rotatable bonds is 5. The van der Waals surface area contributed by atoms with Crippen molar-refractivity contribution in [3.8, 4) is 22.4 Å². The van der Waals surface area contributed by atoms with E-state index in [0.29, 0.717) is 33.2 Å². The third-order valence-corrected chi connectivity index (χ3v) is 6.81. The Balaban J connectivity index is 1.64. The monoisotopic (exact) mass is 507 g/mol. The minimum Gasteiger partial charge on any atom is -0.265 e. The first-order valence-electron chi connectivity index (χ1n) is 10.5. The number of benzene rings is 2. The van der Waals surface area contributed by atoms with E-state index in [9.17, 15) is 21.6 Å². The minimum atomic E-state index is -4.52. The van der Waals surface area contributed by atoms with Gasteiger partial charge in [0.25, 0.3) is 10.0 Å². The Labute approximate surface area is 203 Å². The smallest absolute Gasteiger partial charge is 0.265 e. The van der Waals surface area contributed by atoms with E-state index < -0.39 is 21.8 Å². The van der Waals surface area contributed by atoms with Crippen LogP contribution in [0.5, 0.6) is 0 Å². The average molecular weight is 507 g/mol. The van der Waals surface area contributed by atoms with Crippen molar-refractivity contribution in [3.63, 3.8) is 0 Å². The van der Waals surface area contributed by atoms with Gasteiger partial charge in [-0.2, -0.15) is 13.2 Å². The summed E-state index contributed by atoms with van der Waals surface area (Å²) in [5.41, 5.74) is 0.963. The van der Waals surface area contributed by atoms with Gasteiger partial charge in [0.05, 0.1) is 16.2 Å². The predicted molar refractivity (Wildman–Crippen MR) is 128 cm³/mol. The molecule has 5 aromatic rings. The maximum Gasteiger partial charge on any atom is 0.416 e. The number of nitrogens with zero attached hydrogens (tertiary/aromatic N) is 4. The fourth-order valence-electron chi connectivity index (χ4n) is 3.78. The van der Waals surface area contributed by atoms with Crippen LogP contribution < -0.4 is 4.72 Å². The van der Waals surface area contributed by atoms with Crippen LogP contribution >= 0.6 is 0 Å². The molecule has 0 radical (unpaired) electrons. The summed E-state index contributed by atoms with van der Waals surface area (Å²) >= 11 is 0. The molecule has 0 saturated heterocycles. The Morgan fingerprint density at radius 1 is 0.750 bits per heavy atom. The molecule has 0 saturated carbocycles. The van der Waals surface area contributed by atoms with Gasteiger partial charge >= 0.3 is 6.18 Å². The molecule has 7 nitrogen and oxygen atoms in total. The first kappa shape index (κ1) is 23.4. The van der Waals surface area contributed by atoms with Crippen LogP contribution in [0, 0.1) is 0 Å². The van der Waals surface area contributed by atoms with Crippen LogP contribution in [0.2, 0.25) is 0 Å². The number of anilines is 1. The molecular weight excluding hydrogens is 491 g/mol. The van der Waals surface area contributed by atoms with E-state index >= 15 is 0 Å². The average Bonchev–Trinajstić information content (AvgIpc) is 2.88. The predicted octanol–water partition coefficient (Wildman–Crippen LogP) is 5.57. The lowest BCUT2D eigenvalue weighted by Gasteiger charge is -2.15. The lowest BCUT2D eigenvalue weighted by Crippen LogP contribution is -2.13. The van der Waals surface area contributed by atoms with Crippen LogP contribution in [0.3, 0.4) is 0 Å². The third-order valence-electron chi connectivity index (χ3n) is 5.46. The van der Waals surface area contributed by atoms with Gasteiger partial charge in [-0.1, -0.05) is 12.1 Å². The van der Waals surface area contributed by atoms with Crippen LogP contribution in [0.15, 0.2) is 96.7 Å². The largest absolute Gasteiger partial charge is 0.416 e. The highest BCUT2D eigenvalue weighted by molar-refractivity contribution is 7.92. The number of pyridine rings is 2. The Morgan fingerprint density at radius 2 is 1.53 bits per heavy atom. The summed E-state index contributed by atoms with van der Waals surface area (Å²) in [7, 11) is -3.95. The van der Waals surface area contributed by atoms with Gasteiger partial charge in [-0.3, -0.25) is 14.7 Å². The maximum atomic E-state index is 13.5. The van der Waals surface area contributed by atoms with Gasteiger partial charge in [-0.25, -0.2) is 18.4 Å². The zero-order valence-corrected chi connectivity index (χ0v) is 19.1. The molecule has 0 fully saturated rings. The number of sulfonamides is 1. The van der Waals surface area contributed by atoms with Gasteiger partial charge in [0, 0.05) is 35.7 Å². The van der Waals surface area contributed by atoms with Crippen LogP contribution in [-0.4, -0.2) is 28.4 Å². The lowest BCUT2D eigenvalue weighted by molar-refractivity contribution is -0.137. The molecule has 36 heavy (non-hydrogen) atoms. The van der Waals surface area contributed by atoms with Crippen molar-refractivity contribution in [2.45, 2.75) is 11.1 Å². The molecule has 0 atom stereocenters. The highest BCUT2D eigenvalue weighted by Crippen LogP contribution is 2.39. The number of alkyl halides is 3. The number of hydrogen-bond donors (Lipinski definition) is 1. The van der Waals surface area contributed by atoms with Gasteiger partial charge in [-0.05, 0) is 65.0 Å². The molecule has 5 rings (SSSR count). The zero-order chi connectivity index (χ0) is 25.3. The van der Waals surface area contributed by atoms with E-state index in [4.69, 9.17) is 0 Å². The zero-order valence-electron chi connectivity index (χ0n) is 18.3. The molecule has 0 spiro atoms. The Kier molecular flexibility index (Phi) is 5.84. The van der Waals surface area contributed by atoms with Crippen molar-refractivity contribution in [2.24, 2.45) is 0 Å². The molecule has 0 amide bonds. The summed E-state index contributed by atoms with van der Waals surface area (Å²) in [5.74, 6) is 0.118. The molecule has 3 heterocycles. The van der Waals surface area contributed by atoms with Gasteiger partial charge in [0.1, 0.15) is 12.1 Å². The number of fused-ring (bicyclic) bond motifs is 1. The van der Waals surface area contributed by atoms with E-state index in [2.05, 4.69) is 24.7 Å². The number of halogens is 3. The van der Waals surface area contributed by atoms with E-state index in [1.165, 1.54) is 55.4 Å². The van der Waals surface area contributed by atoms with Crippen molar-refractivity contribution < 1.29 is 21.6 Å². The van der Waals surface area contributed by atoms with E-state index in [1.54, 1.807) is 24.3 Å². The SMILES string of the molecule is O=S(=O)(Nc1ccncn1)c1ccc2c(-c3ccc(C(F)(F)F)cc3-c3ccncc3)nccc2c1. The van der Waals surface area contributed by atoms with E-state index in [1.807, 2.05) is 0 Å². The van der Waals surface area contributed by atoms with Crippen molar-refractivity contribution in [3.05, 3.63) is 97.3 Å². The van der Waals surface area contributed by atoms with Crippen molar-refractivity contribution >= 4 is 26.6 Å². The summed E-state index contributed by atoms with van der Waals surface area (Å²) < 4.78 is 68.6.